The van der Waals surface area contributed by atoms with E-state index in [0.29, 0.717) is 5.56 Å². The molecule has 0 aliphatic rings. The molecule has 0 radical (unpaired) electrons. The normalized spacial score (nSPS) is 11.7. The van der Waals surface area contributed by atoms with Crippen molar-refractivity contribution in [3.8, 4) is 11.1 Å². The van der Waals surface area contributed by atoms with E-state index in [4.69, 9.17) is 0 Å². The van der Waals surface area contributed by atoms with Crippen LogP contribution in [0.15, 0.2) is 79.1 Å². The second-order valence-electron chi connectivity index (χ2n) is 5.43. The highest BCUT2D eigenvalue weighted by molar-refractivity contribution is 5.94. The molecule has 3 rings (SSSR count). The lowest BCUT2D eigenvalue weighted by atomic mass is 10.0. The molecule has 23 heavy (non-hydrogen) atoms. The van der Waals surface area contributed by atoms with Gasteiger partial charge in [-0.2, -0.15) is 0 Å². The number of hydrogen-bond donors (Lipinski definition) is 1. The van der Waals surface area contributed by atoms with Gasteiger partial charge in [-0.3, -0.25) is 9.78 Å². The van der Waals surface area contributed by atoms with Gasteiger partial charge < -0.3 is 5.32 Å². The number of pyridine rings is 1. The third-order valence-electron chi connectivity index (χ3n) is 3.77. The standard InChI is InChI=1S/C20H18N2O/c1-15(22-20(23)16-7-3-2-4-8-16)17-9-5-10-18(13-17)19-11-6-12-21-14-19/h2-15H,1H3,(H,22,23)/t15-/m0/s1. The van der Waals surface area contributed by atoms with Gasteiger partial charge in [0.25, 0.3) is 5.91 Å². The van der Waals surface area contributed by atoms with E-state index >= 15 is 0 Å². The smallest absolute Gasteiger partial charge is 0.251 e. The van der Waals surface area contributed by atoms with E-state index in [1.807, 2.05) is 73.8 Å². The van der Waals surface area contributed by atoms with Crippen LogP contribution in [0.25, 0.3) is 11.1 Å². The third-order valence-corrected chi connectivity index (χ3v) is 3.77. The van der Waals surface area contributed by atoms with Crippen LogP contribution >= 0.6 is 0 Å². The Bertz CT molecular complexity index is 785. The lowest BCUT2D eigenvalue weighted by Gasteiger charge is -2.15. The highest BCUT2D eigenvalue weighted by atomic mass is 16.1. The quantitative estimate of drug-likeness (QED) is 0.783. The van der Waals surface area contributed by atoms with Crippen molar-refractivity contribution in [2.75, 3.05) is 0 Å². The van der Waals surface area contributed by atoms with Gasteiger partial charge in [-0.05, 0) is 47.9 Å². The van der Waals surface area contributed by atoms with Crippen LogP contribution in [0.2, 0.25) is 0 Å². The minimum atomic E-state index is -0.0701. The molecule has 0 aliphatic heterocycles. The molecule has 0 spiro atoms. The van der Waals surface area contributed by atoms with Crippen LogP contribution in [0.4, 0.5) is 0 Å². The maximum atomic E-state index is 12.3. The average Bonchev–Trinajstić information content (AvgIpc) is 2.63. The summed E-state index contributed by atoms with van der Waals surface area (Å²) in [5, 5.41) is 3.04. The van der Waals surface area contributed by atoms with E-state index in [-0.39, 0.29) is 11.9 Å². The second kappa shape index (κ2) is 6.88. The summed E-state index contributed by atoms with van der Waals surface area (Å²) in [7, 11) is 0. The lowest BCUT2D eigenvalue weighted by molar-refractivity contribution is 0.0940. The Morgan fingerprint density at radius 3 is 2.48 bits per heavy atom. The van der Waals surface area contributed by atoms with E-state index in [1.54, 1.807) is 6.20 Å². The van der Waals surface area contributed by atoms with Crippen LogP contribution in [-0.4, -0.2) is 10.9 Å². The molecule has 0 unspecified atom stereocenters. The van der Waals surface area contributed by atoms with Gasteiger partial charge in [-0.25, -0.2) is 0 Å². The van der Waals surface area contributed by atoms with Crippen LogP contribution in [0.1, 0.15) is 28.9 Å². The first-order valence-electron chi connectivity index (χ1n) is 7.60. The molecule has 1 aromatic heterocycles. The van der Waals surface area contributed by atoms with Gasteiger partial charge >= 0.3 is 0 Å². The molecule has 1 N–H and O–H groups in total. The number of amides is 1. The molecule has 0 bridgehead atoms. The monoisotopic (exact) mass is 302 g/mol. The molecule has 1 heterocycles. The van der Waals surface area contributed by atoms with Gasteiger partial charge in [-0.15, -0.1) is 0 Å². The van der Waals surface area contributed by atoms with Crippen LogP contribution in [0.3, 0.4) is 0 Å². The van der Waals surface area contributed by atoms with Crippen molar-refractivity contribution in [3.63, 3.8) is 0 Å². The summed E-state index contributed by atoms with van der Waals surface area (Å²) >= 11 is 0. The van der Waals surface area contributed by atoms with E-state index in [9.17, 15) is 4.79 Å². The van der Waals surface area contributed by atoms with Gasteiger partial charge in [0.1, 0.15) is 0 Å². The minimum Gasteiger partial charge on any atom is -0.346 e. The first-order chi connectivity index (χ1) is 11.2. The van der Waals surface area contributed by atoms with Crippen molar-refractivity contribution in [2.45, 2.75) is 13.0 Å². The molecule has 2 aromatic carbocycles. The molecule has 0 saturated carbocycles. The number of benzene rings is 2. The van der Waals surface area contributed by atoms with Crippen LogP contribution < -0.4 is 5.32 Å². The summed E-state index contributed by atoms with van der Waals surface area (Å²) < 4.78 is 0. The lowest BCUT2D eigenvalue weighted by Crippen LogP contribution is -2.26. The summed E-state index contributed by atoms with van der Waals surface area (Å²) in [6.07, 6.45) is 3.60. The average molecular weight is 302 g/mol. The molecule has 0 fully saturated rings. The maximum Gasteiger partial charge on any atom is 0.251 e. The largest absolute Gasteiger partial charge is 0.346 e. The van der Waals surface area contributed by atoms with Crippen molar-refractivity contribution >= 4 is 5.91 Å². The molecule has 3 aromatic rings. The number of hydrogen-bond acceptors (Lipinski definition) is 2. The van der Waals surface area contributed by atoms with Gasteiger partial charge in [-0.1, -0.05) is 42.5 Å². The van der Waals surface area contributed by atoms with E-state index < -0.39 is 0 Å². The predicted molar refractivity (Wildman–Crippen MR) is 92.0 cm³/mol. The summed E-state index contributed by atoms with van der Waals surface area (Å²) in [5.74, 6) is -0.0649. The zero-order valence-corrected chi connectivity index (χ0v) is 12.9. The Labute approximate surface area is 136 Å². The van der Waals surface area contributed by atoms with Crippen LogP contribution in [-0.2, 0) is 0 Å². The minimum absolute atomic E-state index is 0.0649. The summed E-state index contributed by atoms with van der Waals surface area (Å²) in [5.41, 5.74) is 3.89. The Hall–Kier alpha value is -2.94. The van der Waals surface area contributed by atoms with Crippen LogP contribution in [0.5, 0.6) is 0 Å². The molecule has 0 aliphatic carbocycles. The van der Waals surface area contributed by atoms with Gasteiger partial charge in [0.05, 0.1) is 6.04 Å². The molecular formula is C20H18N2O. The Balaban J connectivity index is 1.78. The first kappa shape index (κ1) is 15.0. The predicted octanol–water partition coefficient (Wildman–Crippen LogP) is 4.24. The number of nitrogens with zero attached hydrogens (tertiary/aromatic N) is 1. The summed E-state index contributed by atoms with van der Waals surface area (Å²) in [4.78, 5) is 16.4. The zero-order chi connectivity index (χ0) is 16.1. The fraction of sp³-hybridized carbons (Fsp3) is 0.100. The topological polar surface area (TPSA) is 42.0 Å². The Morgan fingerprint density at radius 2 is 1.74 bits per heavy atom. The van der Waals surface area contributed by atoms with Crippen molar-refractivity contribution < 1.29 is 4.79 Å². The number of rotatable bonds is 4. The van der Waals surface area contributed by atoms with Crippen molar-refractivity contribution in [1.82, 2.24) is 10.3 Å². The van der Waals surface area contributed by atoms with E-state index in [1.165, 1.54) is 0 Å². The number of carbonyl (C=O) groups excluding carboxylic acids is 1. The molecule has 0 saturated heterocycles. The number of aromatic nitrogens is 1. The molecule has 3 heteroatoms. The SMILES string of the molecule is C[C@H](NC(=O)c1ccccc1)c1cccc(-c2cccnc2)c1. The fourth-order valence-corrected chi connectivity index (χ4v) is 2.47. The molecule has 3 nitrogen and oxygen atoms in total. The van der Waals surface area contributed by atoms with Gasteiger partial charge in [0.15, 0.2) is 0 Å². The molecule has 1 atom stereocenters. The summed E-state index contributed by atoms with van der Waals surface area (Å²) in [6, 6.07) is 21.3. The Morgan fingerprint density at radius 1 is 0.957 bits per heavy atom. The van der Waals surface area contributed by atoms with E-state index in [2.05, 4.69) is 16.4 Å². The highest BCUT2D eigenvalue weighted by Crippen LogP contribution is 2.22. The van der Waals surface area contributed by atoms with Gasteiger partial charge in [0.2, 0.25) is 0 Å². The van der Waals surface area contributed by atoms with Gasteiger partial charge in [0, 0.05) is 18.0 Å². The first-order valence-corrected chi connectivity index (χ1v) is 7.60. The highest BCUT2D eigenvalue weighted by Gasteiger charge is 2.11. The van der Waals surface area contributed by atoms with E-state index in [0.717, 1.165) is 16.7 Å². The summed E-state index contributed by atoms with van der Waals surface area (Å²) in [6.45, 7) is 1.99. The number of nitrogens with one attached hydrogen (secondary N) is 1. The van der Waals surface area contributed by atoms with Crippen molar-refractivity contribution in [2.24, 2.45) is 0 Å². The van der Waals surface area contributed by atoms with Crippen molar-refractivity contribution in [3.05, 3.63) is 90.3 Å². The second-order valence-corrected chi connectivity index (χ2v) is 5.43. The van der Waals surface area contributed by atoms with Crippen LogP contribution in [0, 0.1) is 0 Å². The zero-order valence-electron chi connectivity index (χ0n) is 12.9. The maximum absolute atomic E-state index is 12.3. The van der Waals surface area contributed by atoms with Crippen molar-refractivity contribution in [1.29, 1.82) is 0 Å². The molecule has 1 amide bonds. The number of carbonyl (C=O) groups is 1. The fourth-order valence-electron chi connectivity index (χ4n) is 2.47. The third kappa shape index (κ3) is 3.64. The molecule has 114 valence electrons. The molecular weight excluding hydrogens is 284 g/mol. The Kier molecular flexibility index (Phi) is 4.48.